The molecule has 2 aliphatic heterocycles. The number of carbonyl (C=O) groups excluding carboxylic acids is 1. The number of hydrogen-bond donors (Lipinski definition) is 2. The minimum absolute atomic E-state index is 0.0204. The number of aromatic hydroxyl groups is 1. The molecule has 2 N–H and O–H groups in total. The van der Waals surface area contributed by atoms with Crippen molar-refractivity contribution in [1.82, 2.24) is 9.88 Å². The minimum Gasteiger partial charge on any atom is -0.506 e. The zero-order chi connectivity index (χ0) is 24.1. The van der Waals surface area contributed by atoms with Crippen molar-refractivity contribution < 1.29 is 14.6 Å². The first kappa shape index (κ1) is 22.7. The Morgan fingerprint density at radius 3 is 2.89 bits per heavy atom. The molecule has 6 nitrogen and oxygen atoms in total. The van der Waals surface area contributed by atoms with Gasteiger partial charge in [-0.3, -0.25) is 9.69 Å². The third kappa shape index (κ3) is 3.96. The van der Waals surface area contributed by atoms with Gasteiger partial charge in [-0.1, -0.05) is 0 Å². The highest BCUT2D eigenvalue weighted by atomic mass is 35.5. The predicted octanol–water partition coefficient (Wildman–Crippen LogP) is 5.85. The van der Waals surface area contributed by atoms with E-state index >= 15 is 0 Å². The number of aryl methyl sites for hydroxylation is 1. The summed E-state index contributed by atoms with van der Waals surface area (Å²) < 4.78 is 6.84. The first-order chi connectivity index (χ1) is 17.0. The lowest BCUT2D eigenvalue weighted by molar-refractivity contribution is 0.0984. The number of fused-ring (bicyclic) bond motifs is 4. The summed E-state index contributed by atoms with van der Waals surface area (Å²) in [5.74, 6) is 1.32. The Labute approximate surface area is 213 Å². The number of alkyl halides is 1. The Hall–Kier alpha value is -2.74. The van der Waals surface area contributed by atoms with E-state index in [1.165, 1.54) is 24.2 Å². The molecule has 35 heavy (non-hydrogen) atoms. The molecule has 182 valence electrons. The van der Waals surface area contributed by atoms with Gasteiger partial charge in [-0.25, -0.2) is 0 Å². The maximum absolute atomic E-state index is 13.7. The quantitative estimate of drug-likeness (QED) is 0.320. The van der Waals surface area contributed by atoms with Crippen molar-refractivity contribution >= 4 is 55.5 Å². The first-order valence-corrected chi connectivity index (χ1v) is 13.5. The normalized spacial score (nSPS) is 18.1. The van der Waals surface area contributed by atoms with Gasteiger partial charge in [0.25, 0.3) is 5.91 Å². The van der Waals surface area contributed by atoms with E-state index in [4.69, 9.17) is 16.3 Å². The lowest BCUT2D eigenvalue weighted by Crippen LogP contribution is -2.30. The summed E-state index contributed by atoms with van der Waals surface area (Å²) in [5.41, 5.74) is 4.31. The van der Waals surface area contributed by atoms with Gasteiger partial charge in [-0.15, -0.1) is 22.9 Å². The Morgan fingerprint density at radius 1 is 1.26 bits per heavy atom. The van der Waals surface area contributed by atoms with Crippen molar-refractivity contribution in [3.8, 4) is 11.5 Å². The zero-order valence-electron chi connectivity index (χ0n) is 19.6. The third-order valence-electron chi connectivity index (χ3n) is 7.26. The lowest BCUT2D eigenvalue weighted by atomic mass is 9.97. The highest BCUT2D eigenvalue weighted by Gasteiger charge is 2.36. The molecule has 4 heterocycles. The molecule has 0 radical (unpaired) electrons. The second-order valence-electron chi connectivity index (χ2n) is 9.55. The van der Waals surface area contributed by atoms with Crippen molar-refractivity contribution in [3.63, 3.8) is 0 Å². The van der Waals surface area contributed by atoms with Gasteiger partial charge in [-0.2, -0.15) is 0 Å². The molecule has 1 unspecified atom stereocenters. The minimum atomic E-state index is -0.127. The van der Waals surface area contributed by atoms with Crippen LogP contribution < -0.4 is 9.64 Å². The Kier molecular flexibility index (Phi) is 5.87. The average molecular weight is 510 g/mol. The Bertz CT molecular complexity index is 1420. The number of benzene rings is 2. The number of nitrogens with zero attached hydrogens (tertiary/aromatic N) is 2. The van der Waals surface area contributed by atoms with Crippen LogP contribution in [0.3, 0.4) is 0 Å². The fourth-order valence-electron chi connectivity index (χ4n) is 5.49. The van der Waals surface area contributed by atoms with Gasteiger partial charge in [0.1, 0.15) is 23.8 Å². The molecule has 0 bridgehead atoms. The highest BCUT2D eigenvalue weighted by Crippen LogP contribution is 2.48. The summed E-state index contributed by atoms with van der Waals surface area (Å²) in [5, 5.41) is 14.7. The van der Waals surface area contributed by atoms with Crippen LogP contribution in [0.5, 0.6) is 11.5 Å². The highest BCUT2D eigenvalue weighted by molar-refractivity contribution is 7.17. The van der Waals surface area contributed by atoms with Crippen molar-refractivity contribution in [2.24, 2.45) is 0 Å². The molecule has 2 aromatic heterocycles. The number of amides is 1. The van der Waals surface area contributed by atoms with Crippen LogP contribution in [0, 0.1) is 6.92 Å². The zero-order valence-corrected chi connectivity index (χ0v) is 21.2. The molecule has 1 atom stereocenters. The van der Waals surface area contributed by atoms with E-state index in [9.17, 15) is 9.90 Å². The van der Waals surface area contributed by atoms with Gasteiger partial charge in [0.2, 0.25) is 0 Å². The number of hydrogen-bond acceptors (Lipinski definition) is 5. The van der Waals surface area contributed by atoms with E-state index in [2.05, 4.69) is 9.88 Å². The SMILES string of the molecule is Cc1csc2c(O)cc3c(c12)C(CCl)CN3C(=O)c1cc2cc(OCCN3CCCC3)ccc2[nH]1. The van der Waals surface area contributed by atoms with E-state index in [-0.39, 0.29) is 17.6 Å². The fraction of sp³-hybridized carbons (Fsp3) is 0.370. The van der Waals surface area contributed by atoms with Gasteiger partial charge >= 0.3 is 0 Å². The van der Waals surface area contributed by atoms with E-state index < -0.39 is 0 Å². The summed E-state index contributed by atoms with van der Waals surface area (Å²) in [6, 6.07) is 9.48. The molecule has 2 aliphatic rings. The smallest absolute Gasteiger partial charge is 0.274 e. The van der Waals surface area contributed by atoms with Gasteiger partial charge in [0.15, 0.2) is 0 Å². The number of ether oxygens (including phenoxy) is 1. The summed E-state index contributed by atoms with van der Waals surface area (Å²) in [6.45, 7) is 6.44. The van der Waals surface area contributed by atoms with E-state index in [0.29, 0.717) is 24.7 Å². The van der Waals surface area contributed by atoms with Gasteiger partial charge < -0.3 is 19.7 Å². The van der Waals surface area contributed by atoms with Crippen molar-refractivity contribution in [3.05, 3.63) is 52.5 Å². The maximum Gasteiger partial charge on any atom is 0.274 e. The largest absolute Gasteiger partial charge is 0.506 e. The molecule has 0 aliphatic carbocycles. The van der Waals surface area contributed by atoms with Crippen LogP contribution in [0.25, 0.3) is 21.0 Å². The van der Waals surface area contributed by atoms with Gasteiger partial charge in [0.05, 0.1) is 10.4 Å². The van der Waals surface area contributed by atoms with Gasteiger partial charge in [-0.05, 0) is 73.6 Å². The molecule has 1 amide bonds. The van der Waals surface area contributed by atoms with Crippen LogP contribution in [0.2, 0.25) is 0 Å². The number of thiophene rings is 1. The number of phenols is 1. The molecule has 0 saturated carbocycles. The topological polar surface area (TPSA) is 68.8 Å². The molecular formula is C27H28ClN3O3S. The van der Waals surface area contributed by atoms with Gasteiger partial charge in [0, 0.05) is 47.2 Å². The molecule has 6 rings (SSSR count). The van der Waals surface area contributed by atoms with Crippen LogP contribution in [0.1, 0.15) is 40.4 Å². The number of halogens is 1. The van der Waals surface area contributed by atoms with Crippen molar-refractivity contribution in [2.75, 3.05) is 43.6 Å². The number of phenolic OH excluding ortho intramolecular Hbond substituents is 1. The molecule has 2 aromatic carbocycles. The van der Waals surface area contributed by atoms with Crippen LogP contribution in [0.4, 0.5) is 5.69 Å². The summed E-state index contributed by atoms with van der Waals surface area (Å²) >= 11 is 7.88. The van der Waals surface area contributed by atoms with Crippen LogP contribution in [-0.2, 0) is 0 Å². The van der Waals surface area contributed by atoms with E-state index in [0.717, 1.165) is 63.2 Å². The molecule has 0 spiro atoms. The average Bonchev–Trinajstić information content (AvgIpc) is 3.64. The summed E-state index contributed by atoms with van der Waals surface area (Å²) in [7, 11) is 0. The number of likely N-dealkylation sites (tertiary alicyclic amines) is 1. The first-order valence-electron chi connectivity index (χ1n) is 12.1. The number of H-pyrrole nitrogens is 1. The fourth-order valence-corrected chi connectivity index (χ4v) is 6.73. The standard InChI is InChI=1S/C27H28ClN3O3S/c1-16-15-35-26-23(32)12-22-25(24(16)26)18(13-28)14-31(22)27(33)21-11-17-10-19(4-5-20(17)29-21)34-9-8-30-6-2-3-7-30/h4-5,10-12,15,18,29,32H,2-3,6-9,13-14H2,1H3. The van der Waals surface area contributed by atoms with E-state index in [1.54, 1.807) is 11.0 Å². The van der Waals surface area contributed by atoms with Crippen LogP contribution in [0.15, 0.2) is 35.7 Å². The van der Waals surface area contributed by atoms with Crippen molar-refractivity contribution in [2.45, 2.75) is 25.7 Å². The summed E-state index contributed by atoms with van der Waals surface area (Å²) in [4.78, 5) is 21.1. The predicted molar refractivity (Wildman–Crippen MR) is 143 cm³/mol. The number of aromatic amines is 1. The maximum atomic E-state index is 13.7. The Morgan fingerprint density at radius 2 is 2.09 bits per heavy atom. The molecule has 8 heteroatoms. The second kappa shape index (κ2) is 9.04. The molecular weight excluding hydrogens is 482 g/mol. The molecule has 4 aromatic rings. The third-order valence-corrected chi connectivity index (χ3v) is 8.75. The number of rotatable bonds is 6. The second-order valence-corrected chi connectivity index (χ2v) is 10.7. The van der Waals surface area contributed by atoms with Crippen molar-refractivity contribution in [1.29, 1.82) is 0 Å². The van der Waals surface area contributed by atoms with Crippen LogP contribution >= 0.6 is 22.9 Å². The van der Waals surface area contributed by atoms with E-state index in [1.807, 2.05) is 36.6 Å². The number of nitrogens with one attached hydrogen (secondary N) is 1. The molecule has 1 fully saturated rings. The summed E-state index contributed by atoms with van der Waals surface area (Å²) in [6.07, 6.45) is 2.55. The number of aromatic nitrogens is 1. The number of carbonyl (C=O) groups is 1. The molecule has 1 saturated heterocycles. The monoisotopic (exact) mass is 509 g/mol. The number of anilines is 1. The lowest BCUT2D eigenvalue weighted by Gasteiger charge is -2.17. The van der Waals surface area contributed by atoms with Crippen LogP contribution in [-0.4, -0.2) is 59.6 Å². The Balaban J connectivity index is 1.27.